The van der Waals surface area contributed by atoms with Crippen LogP contribution in [-0.2, 0) is 6.54 Å². The van der Waals surface area contributed by atoms with Gasteiger partial charge >= 0.3 is 0 Å². The summed E-state index contributed by atoms with van der Waals surface area (Å²) in [5, 5.41) is 0.713. The van der Waals surface area contributed by atoms with Crippen molar-refractivity contribution in [3.63, 3.8) is 0 Å². The molecule has 0 fully saturated rings. The highest BCUT2D eigenvalue weighted by Crippen LogP contribution is 2.17. The zero-order valence-corrected chi connectivity index (χ0v) is 9.51. The maximum Gasteiger partial charge on any atom is 0.0429 e. The van der Waals surface area contributed by atoms with Crippen LogP contribution in [0.2, 0.25) is 5.02 Å². The van der Waals surface area contributed by atoms with Crippen LogP contribution in [0.15, 0.2) is 18.2 Å². The molecule has 0 aliphatic heterocycles. The standard InChI is InChI=1S/C11H17ClN2/c1-3-4-14(2)8-9-5-10(12)7-11(13)6-9/h5-7H,3-4,8,13H2,1-2H3. The van der Waals surface area contributed by atoms with Crippen LogP contribution in [0.5, 0.6) is 0 Å². The average molecular weight is 213 g/mol. The first-order valence-corrected chi connectivity index (χ1v) is 5.23. The number of hydrogen-bond acceptors (Lipinski definition) is 2. The fraction of sp³-hybridized carbons (Fsp3) is 0.455. The van der Waals surface area contributed by atoms with Gasteiger partial charge in [0, 0.05) is 17.3 Å². The van der Waals surface area contributed by atoms with Crippen molar-refractivity contribution in [2.45, 2.75) is 19.9 Å². The van der Waals surface area contributed by atoms with Crippen molar-refractivity contribution >= 4 is 17.3 Å². The molecule has 0 spiro atoms. The molecule has 0 unspecified atom stereocenters. The van der Waals surface area contributed by atoms with Crippen molar-refractivity contribution in [2.24, 2.45) is 0 Å². The number of halogens is 1. The van der Waals surface area contributed by atoms with Crippen LogP contribution in [0.4, 0.5) is 5.69 Å². The molecule has 0 aliphatic carbocycles. The molecule has 1 aromatic carbocycles. The normalized spacial score (nSPS) is 10.9. The number of benzene rings is 1. The van der Waals surface area contributed by atoms with Crippen LogP contribution < -0.4 is 5.73 Å². The first-order chi connectivity index (χ1) is 6.61. The third kappa shape index (κ3) is 3.56. The number of rotatable bonds is 4. The molecule has 0 aromatic heterocycles. The number of nitrogens with two attached hydrogens (primary N) is 1. The van der Waals surface area contributed by atoms with Gasteiger partial charge in [-0.1, -0.05) is 18.5 Å². The lowest BCUT2D eigenvalue weighted by molar-refractivity contribution is 0.327. The molecule has 0 saturated heterocycles. The van der Waals surface area contributed by atoms with E-state index in [1.165, 1.54) is 5.56 Å². The van der Waals surface area contributed by atoms with Crippen molar-refractivity contribution < 1.29 is 0 Å². The maximum atomic E-state index is 5.91. The second kappa shape index (κ2) is 5.23. The van der Waals surface area contributed by atoms with E-state index < -0.39 is 0 Å². The van der Waals surface area contributed by atoms with E-state index in [1.54, 1.807) is 6.07 Å². The van der Waals surface area contributed by atoms with Gasteiger partial charge in [-0.05, 0) is 43.8 Å². The summed E-state index contributed by atoms with van der Waals surface area (Å²) in [6, 6.07) is 5.70. The van der Waals surface area contributed by atoms with Gasteiger partial charge < -0.3 is 10.6 Å². The third-order valence-corrected chi connectivity index (χ3v) is 2.26. The van der Waals surface area contributed by atoms with Crippen LogP contribution >= 0.6 is 11.6 Å². The van der Waals surface area contributed by atoms with Crippen LogP contribution in [0.25, 0.3) is 0 Å². The predicted molar refractivity (Wildman–Crippen MR) is 62.5 cm³/mol. The Morgan fingerprint density at radius 3 is 2.64 bits per heavy atom. The van der Waals surface area contributed by atoms with Gasteiger partial charge in [0.05, 0.1) is 0 Å². The summed E-state index contributed by atoms with van der Waals surface area (Å²) in [6.45, 7) is 4.16. The summed E-state index contributed by atoms with van der Waals surface area (Å²) in [4.78, 5) is 2.26. The minimum absolute atomic E-state index is 0.713. The summed E-state index contributed by atoms with van der Waals surface area (Å²) in [5.41, 5.74) is 7.61. The SMILES string of the molecule is CCCN(C)Cc1cc(N)cc(Cl)c1. The van der Waals surface area contributed by atoms with E-state index in [0.29, 0.717) is 5.02 Å². The molecule has 2 nitrogen and oxygen atoms in total. The fourth-order valence-electron chi connectivity index (χ4n) is 1.54. The maximum absolute atomic E-state index is 5.91. The number of nitrogens with zero attached hydrogens (tertiary/aromatic N) is 1. The Labute approximate surface area is 90.7 Å². The molecule has 14 heavy (non-hydrogen) atoms. The van der Waals surface area contributed by atoms with E-state index in [0.717, 1.165) is 25.2 Å². The fourth-order valence-corrected chi connectivity index (χ4v) is 1.81. The topological polar surface area (TPSA) is 29.3 Å². The van der Waals surface area contributed by atoms with E-state index in [-0.39, 0.29) is 0 Å². The molecular weight excluding hydrogens is 196 g/mol. The van der Waals surface area contributed by atoms with Crippen LogP contribution in [0.3, 0.4) is 0 Å². The second-order valence-corrected chi connectivity index (χ2v) is 4.07. The zero-order chi connectivity index (χ0) is 10.6. The highest BCUT2D eigenvalue weighted by atomic mass is 35.5. The Morgan fingerprint density at radius 1 is 1.36 bits per heavy atom. The zero-order valence-electron chi connectivity index (χ0n) is 8.76. The Morgan fingerprint density at radius 2 is 2.07 bits per heavy atom. The molecule has 78 valence electrons. The Kier molecular flexibility index (Phi) is 4.23. The summed E-state index contributed by atoms with van der Waals surface area (Å²) in [7, 11) is 2.10. The first-order valence-electron chi connectivity index (χ1n) is 4.85. The minimum Gasteiger partial charge on any atom is -0.399 e. The highest BCUT2D eigenvalue weighted by Gasteiger charge is 2.01. The quantitative estimate of drug-likeness (QED) is 0.778. The first kappa shape index (κ1) is 11.3. The summed E-state index contributed by atoms with van der Waals surface area (Å²) >= 11 is 5.91. The summed E-state index contributed by atoms with van der Waals surface area (Å²) < 4.78 is 0. The molecule has 2 N–H and O–H groups in total. The molecule has 0 bridgehead atoms. The van der Waals surface area contributed by atoms with Crippen molar-refractivity contribution in [3.05, 3.63) is 28.8 Å². The van der Waals surface area contributed by atoms with Crippen molar-refractivity contribution in [2.75, 3.05) is 19.3 Å². The van der Waals surface area contributed by atoms with Gasteiger partial charge in [0.1, 0.15) is 0 Å². The van der Waals surface area contributed by atoms with Gasteiger partial charge in [-0.25, -0.2) is 0 Å². The largest absolute Gasteiger partial charge is 0.399 e. The van der Waals surface area contributed by atoms with Crippen LogP contribution in [0, 0.1) is 0 Å². The lowest BCUT2D eigenvalue weighted by Crippen LogP contribution is -2.18. The molecule has 0 radical (unpaired) electrons. The number of hydrogen-bond donors (Lipinski definition) is 1. The Bertz CT molecular complexity index is 279. The minimum atomic E-state index is 0.713. The lowest BCUT2D eigenvalue weighted by Gasteiger charge is -2.15. The summed E-state index contributed by atoms with van der Waals surface area (Å²) in [5.74, 6) is 0. The van der Waals surface area contributed by atoms with Gasteiger partial charge in [0.25, 0.3) is 0 Å². The molecule has 1 rings (SSSR count). The smallest absolute Gasteiger partial charge is 0.0429 e. The molecule has 0 heterocycles. The molecule has 0 saturated carbocycles. The number of anilines is 1. The second-order valence-electron chi connectivity index (χ2n) is 3.63. The van der Waals surface area contributed by atoms with Gasteiger partial charge in [-0.2, -0.15) is 0 Å². The van der Waals surface area contributed by atoms with E-state index in [1.807, 2.05) is 12.1 Å². The van der Waals surface area contributed by atoms with Crippen LogP contribution in [-0.4, -0.2) is 18.5 Å². The van der Waals surface area contributed by atoms with E-state index >= 15 is 0 Å². The molecule has 1 aromatic rings. The Hall–Kier alpha value is -0.730. The van der Waals surface area contributed by atoms with Gasteiger partial charge in [-0.15, -0.1) is 0 Å². The van der Waals surface area contributed by atoms with Crippen molar-refractivity contribution in [1.82, 2.24) is 4.90 Å². The highest BCUT2D eigenvalue weighted by molar-refractivity contribution is 6.30. The molecule has 0 amide bonds. The van der Waals surface area contributed by atoms with Crippen molar-refractivity contribution in [1.29, 1.82) is 0 Å². The van der Waals surface area contributed by atoms with Crippen molar-refractivity contribution in [3.8, 4) is 0 Å². The monoisotopic (exact) mass is 212 g/mol. The number of nitrogen functional groups attached to an aromatic ring is 1. The predicted octanol–water partition coefficient (Wildman–Crippen LogP) is 2.76. The Balaban J connectivity index is 2.66. The molecule has 0 aliphatic rings. The van der Waals surface area contributed by atoms with E-state index in [4.69, 9.17) is 17.3 Å². The van der Waals surface area contributed by atoms with Gasteiger partial charge in [0.2, 0.25) is 0 Å². The van der Waals surface area contributed by atoms with Gasteiger partial charge in [-0.3, -0.25) is 0 Å². The lowest BCUT2D eigenvalue weighted by atomic mass is 10.2. The average Bonchev–Trinajstić information content (AvgIpc) is 2.01. The van der Waals surface area contributed by atoms with E-state index in [9.17, 15) is 0 Å². The summed E-state index contributed by atoms with van der Waals surface area (Å²) in [6.07, 6.45) is 1.16. The van der Waals surface area contributed by atoms with Crippen LogP contribution in [0.1, 0.15) is 18.9 Å². The third-order valence-electron chi connectivity index (χ3n) is 2.04. The molecule has 0 atom stereocenters. The molecule has 3 heteroatoms. The van der Waals surface area contributed by atoms with Gasteiger partial charge in [0.15, 0.2) is 0 Å². The molecular formula is C11H17ClN2. The van der Waals surface area contributed by atoms with E-state index in [2.05, 4.69) is 18.9 Å².